The summed E-state index contributed by atoms with van der Waals surface area (Å²) in [5, 5.41) is 0.0417. The maximum absolute atomic E-state index is 12.0. The molecule has 2 heterocycles. The Morgan fingerprint density at radius 2 is 1.91 bits per heavy atom. The molecule has 3 rings (SSSR count). The van der Waals surface area contributed by atoms with Crippen molar-refractivity contribution >= 4 is 10.0 Å². The first-order chi connectivity index (χ1) is 10.5. The van der Waals surface area contributed by atoms with E-state index in [1.807, 2.05) is 0 Å². The minimum Gasteiger partial charge on any atom is -0.447 e. The molecule has 1 aliphatic heterocycles. The van der Waals surface area contributed by atoms with E-state index in [1.54, 1.807) is 12.1 Å². The molecule has 0 aromatic carbocycles. The first-order valence-corrected chi connectivity index (χ1v) is 9.64. The highest BCUT2D eigenvalue weighted by Crippen LogP contribution is 2.36. The molecule has 0 spiro atoms. The van der Waals surface area contributed by atoms with E-state index < -0.39 is 10.0 Å². The fraction of sp³-hybridized carbons (Fsp3) is 0.750. The monoisotopic (exact) mass is 326 g/mol. The van der Waals surface area contributed by atoms with E-state index in [2.05, 4.69) is 4.90 Å². The van der Waals surface area contributed by atoms with Crippen LogP contribution in [0.15, 0.2) is 21.6 Å². The lowest BCUT2D eigenvalue weighted by Crippen LogP contribution is -2.41. The van der Waals surface area contributed by atoms with Crippen LogP contribution in [0.2, 0.25) is 0 Å². The standard InChI is InChI=1S/C16H26N2O3S/c1-17(2)22(19,20)16-8-7-15(21-16)12-18-10-9-13-5-3-4-6-14(13)11-18/h7-8,13-14H,3-6,9-12H2,1-2H3/t13-,14-/m0/s1. The van der Waals surface area contributed by atoms with Gasteiger partial charge >= 0.3 is 0 Å². The van der Waals surface area contributed by atoms with Crippen LogP contribution >= 0.6 is 0 Å². The Morgan fingerprint density at radius 1 is 1.18 bits per heavy atom. The number of hydrogen-bond donors (Lipinski definition) is 0. The molecule has 1 aliphatic carbocycles. The Balaban J connectivity index is 1.63. The lowest BCUT2D eigenvalue weighted by atomic mass is 9.75. The number of piperidine rings is 1. The van der Waals surface area contributed by atoms with E-state index in [0.717, 1.165) is 30.7 Å². The quantitative estimate of drug-likeness (QED) is 0.853. The smallest absolute Gasteiger partial charge is 0.275 e. The van der Waals surface area contributed by atoms with Gasteiger partial charge in [-0.25, -0.2) is 12.7 Å². The van der Waals surface area contributed by atoms with Gasteiger partial charge < -0.3 is 4.42 Å². The van der Waals surface area contributed by atoms with Crippen molar-refractivity contribution < 1.29 is 12.8 Å². The number of rotatable bonds is 4. The third-order valence-corrected chi connectivity index (χ3v) is 6.82. The molecule has 2 aliphatic rings. The van der Waals surface area contributed by atoms with E-state index in [9.17, 15) is 8.42 Å². The van der Waals surface area contributed by atoms with E-state index in [-0.39, 0.29) is 5.09 Å². The fourth-order valence-electron chi connectivity index (χ4n) is 3.80. The fourth-order valence-corrected chi connectivity index (χ4v) is 4.61. The van der Waals surface area contributed by atoms with Crippen LogP contribution in [0.25, 0.3) is 0 Å². The van der Waals surface area contributed by atoms with E-state index in [1.165, 1.54) is 50.5 Å². The van der Waals surface area contributed by atoms with Gasteiger partial charge in [-0.1, -0.05) is 19.3 Å². The zero-order chi connectivity index (χ0) is 15.7. The molecule has 5 nitrogen and oxygen atoms in total. The van der Waals surface area contributed by atoms with Gasteiger partial charge in [-0.05, 0) is 43.4 Å². The Hall–Kier alpha value is -0.850. The molecule has 2 fully saturated rings. The highest BCUT2D eigenvalue weighted by Gasteiger charge is 2.31. The molecular formula is C16H26N2O3S. The topological polar surface area (TPSA) is 53.8 Å². The van der Waals surface area contributed by atoms with Gasteiger partial charge in [0.25, 0.3) is 10.0 Å². The molecule has 0 unspecified atom stereocenters. The van der Waals surface area contributed by atoms with Gasteiger partial charge in [-0.15, -0.1) is 0 Å². The Bertz CT molecular complexity index is 609. The van der Waals surface area contributed by atoms with Crippen molar-refractivity contribution in [3.05, 3.63) is 17.9 Å². The van der Waals surface area contributed by atoms with Crippen molar-refractivity contribution in [2.75, 3.05) is 27.2 Å². The molecule has 1 aromatic rings. The molecular weight excluding hydrogens is 300 g/mol. The molecule has 1 saturated carbocycles. The van der Waals surface area contributed by atoms with Gasteiger partial charge in [0.05, 0.1) is 6.54 Å². The number of hydrogen-bond acceptors (Lipinski definition) is 4. The van der Waals surface area contributed by atoms with Crippen molar-refractivity contribution in [2.24, 2.45) is 11.8 Å². The molecule has 1 saturated heterocycles. The van der Waals surface area contributed by atoms with Crippen LogP contribution in [0, 0.1) is 11.8 Å². The van der Waals surface area contributed by atoms with Gasteiger partial charge in [0, 0.05) is 20.6 Å². The number of sulfonamides is 1. The number of likely N-dealkylation sites (tertiary alicyclic amines) is 1. The zero-order valence-electron chi connectivity index (χ0n) is 13.5. The molecule has 0 bridgehead atoms. The molecule has 124 valence electrons. The minimum absolute atomic E-state index is 0.0417. The van der Waals surface area contributed by atoms with Crippen LogP contribution in [0.1, 0.15) is 37.9 Å². The predicted octanol–water partition coefficient (Wildman–Crippen LogP) is 2.54. The maximum atomic E-state index is 12.0. The predicted molar refractivity (Wildman–Crippen MR) is 84.9 cm³/mol. The summed E-state index contributed by atoms with van der Waals surface area (Å²) in [6.07, 6.45) is 6.77. The summed E-state index contributed by atoms with van der Waals surface area (Å²) in [5.74, 6) is 2.48. The van der Waals surface area contributed by atoms with Crippen molar-refractivity contribution in [1.29, 1.82) is 0 Å². The van der Waals surface area contributed by atoms with Crippen molar-refractivity contribution in [1.82, 2.24) is 9.21 Å². The highest BCUT2D eigenvalue weighted by molar-refractivity contribution is 7.88. The van der Waals surface area contributed by atoms with Crippen LogP contribution < -0.4 is 0 Å². The Kier molecular flexibility index (Phi) is 4.61. The second-order valence-electron chi connectivity index (χ2n) is 6.84. The summed E-state index contributed by atoms with van der Waals surface area (Å²) in [6.45, 7) is 2.94. The molecule has 1 aromatic heterocycles. The van der Waals surface area contributed by atoms with Crippen molar-refractivity contribution in [3.63, 3.8) is 0 Å². The molecule has 22 heavy (non-hydrogen) atoms. The summed E-state index contributed by atoms with van der Waals surface area (Å²) in [6, 6.07) is 3.36. The molecule has 0 radical (unpaired) electrons. The van der Waals surface area contributed by atoms with Crippen LogP contribution in [-0.2, 0) is 16.6 Å². The lowest BCUT2D eigenvalue weighted by molar-refractivity contribution is 0.0765. The van der Waals surface area contributed by atoms with Crippen molar-refractivity contribution in [2.45, 2.75) is 43.7 Å². The molecule has 0 N–H and O–H groups in total. The van der Waals surface area contributed by atoms with Gasteiger partial charge in [-0.2, -0.15) is 0 Å². The largest absolute Gasteiger partial charge is 0.447 e. The van der Waals surface area contributed by atoms with E-state index in [0.29, 0.717) is 6.54 Å². The molecule has 2 atom stereocenters. The SMILES string of the molecule is CN(C)S(=O)(=O)c1ccc(CN2CC[C@@H]3CCCC[C@H]3C2)o1. The molecule has 6 heteroatoms. The molecule has 0 amide bonds. The maximum Gasteiger partial charge on any atom is 0.275 e. The van der Waals surface area contributed by atoms with Crippen LogP contribution in [0.5, 0.6) is 0 Å². The number of fused-ring (bicyclic) bond motifs is 1. The van der Waals surface area contributed by atoms with Gasteiger partial charge in [0.1, 0.15) is 5.76 Å². The Labute approximate surface area is 133 Å². The third-order valence-electron chi connectivity index (χ3n) is 5.13. The van der Waals surface area contributed by atoms with Gasteiger partial charge in [-0.3, -0.25) is 4.90 Å². The van der Waals surface area contributed by atoms with E-state index in [4.69, 9.17) is 4.42 Å². The zero-order valence-corrected chi connectivity index (χ0v) is 14.3. The highest BCUT2D eigenvalue weighted by atomic mass is 32.2. The first kappa shape index (κ1) is 16.0. The lowest BCUT2D eigenvalue weighted by Gasteiger charge is -2.41. The summed E-state index contributed by atoms with van der Waals surface area (Å²) in [7, 11) is -0.429. The van der Waals surface area contributed by atoms with Crippen LogP contribution in [0.4, 0.5) is 0 Å². The summed E-state index contributed by atoms with van der Waals surface area (Å²) in [5.41, 5.74) is 0. The minimum atomic E-state index is -3.47. The van der Waals surface area contributed by atoms with Crippen molar-refractivity contribution in [3.8, 4) is 0 Å². The summed E-state index contributed by atoms with van der Waals surface area (Å²) < 4.78 is 30.8. The average Bonchev–Trinajstić information content (AvgIpc) is 2.96. The number of furan rings is 1. The normalized spacial score (nSPS) is 27.0. The van der Waals surface area contributed by atoms with Crippen LogP contribution in [-0.4, -0.2) is 44.8 Å². The first-order valence-electron chi connectivity index (χ1n) is 8.20. The van der Waals surface area contributed by atoms with Gasteiger partial charge in [0.15, 0.2) is 0 Å². The average molecular weight is 326 g/mol. The van der Waals surface area contributed by atoms with E-state index >= 15 is 0 Å². The Morgan fingerprint density at radius 3 is 2.64 bits per heavy atom. The summed E-state index contributed by atoms with van der Waals surface area (Å²) >= 11 is 0. The number of nitrogens with zero attached hydrogens (tertiary/aromatic N) is 2. The second-order valence-corrected chi connectivity index (χ2v) is 8.92. The second kappa shape index (κ2) is 6.34. The van der Waals surface area contributed by atoms with Crippen LogP contribution in [0.3, 0.4) is 0 Å². The third kappa shape index (κ3) is 3.24. The summed E-state index contributed by atoms with van der Waals surface area (Å²) in [4.78, 5) is 2.41. The van der Waals surface area contributed by atoms with Gasteiger partial charge in [0.2, 0.25) is 5.09 Å².